The number of hydrogen-bond donors (Lipinski definition) is 3. The zero-order valence-corrected chi connectivity index (χ0v) is 15.8. The normalized spacial score (nSPS) is 16.3. The fourth-order valence-corrected chi connectivity index (χ4v) is 3.43. The van der Waals surface area contributed by atoms with E-state index in [1.54, 1.807) is 24.3 Å². The number of amides is 1. The zero-order chi connectivity index (χ0) is 20.0. The van der Waals surface area contributed by atoms with E-state index in [-0.39, 0.29) is 24.7 Å². The number of aromatic hydroxyl groups is 1. The van der Waals surface area contributed by atoms with Crippen molar-refractivity contribution in [2.75, 3.05) is 0 Å². The lowest BCUT2D eigenvalue weighted by Gasteiger charge is -2.26. The summed E-state index contributed by atoms with van der Waals surface area (Å²) in [5.74, 6) is -0.680. The van der Waals surface area contributed by atoms with Crippen LogP contribution in [0.1, 0.15) is 36.8 Å². The highest BCUT2D eigenvalue weighted by molar-refractivity contribution is 5.90. The van der Waals surface area contributed by atoms with Gasteiger partial charge in [-0.15, -0.1) is 0 Å². The van der Waals surface area contributed by atoms with Crippen molar-refractivity contribution in [3.05, 3.63) is 65.7 Å². The maximum absolute atomic E-state index is 12.7. The van der Waals surface area contributed by atoms with Crippen LogP contribution in [0.2, 0.25) is 0 Å². The Kier molecular flexibility index (Phi) is 6.31. The minimum absolute atomic E-state index is 0.134. The van der Waals surface area contributed by atoms with Crippen molar-refractivity contribution in [1.82, 2.24) is 5.32 Å². The Morgan fingerprint density at radius 2 is 1.68 bits per heavy atom. The zero-order valence-electron chi connectivity index (χ0n) is 15.8. The summed E-state index contributed by atoms with van der Waals surface area (Å²) in [7, 11) is 0. The Morgan fingerprint density at radius 3 is 2.32 bits per heavy atom. The molecule has 28 heavy (non-hydrogen) atoms. The van der Waals surface area contributed by atoms with Crippen LogP contribution < -0.4 is 11.1 Å². The van der Waals surface area contributed by atoms with Crippen molar-refractivity contribution in [3.63, 3.8) is 0 Å². The summed E-state index contributed by atoms with van der Waals surface area (Å²) in [6.45, 7) is 0.134. The first-order valence-electron chi connectivity index (χ1n) is 9.55. The van der Waals surface area contributed by atoms with E-state index in [1.165, 1.54) is 0 Å². The SMILES string of the molecule is NC1(C(=O)N[C@@H](Cc2ccc(O)cc2)C(=O)OCc2ccccc2)CCCC1. The van der Waals surface area contributed by atoms with Gasteiger partial charge in [0, 0.05) is 6.42 Å². The molecule has 1 saturated carbocycles. The Bertz CT molecular complexity index is 799. The van der Waals surface area contributed by atoms with Gasteiger partial charge in [0.25, 0.3) is 0 Å². The lowest BCUT2D eigenvalue weighted by atomic mass is 9.96. The van der Waals surface area contributed by atoms with E-state index in [1.807, 2.05) is 30.3 Å². The second-order valence-electron chi connectivity index (χ2n) is 7.35. The number of esters is 1. The van der Waals surface area contributed by atoms with Gasteiger partial charge in [-0.05, 0) is 36.1 Å². The standard InChI is InChI=1S/C22H26N2O4/c23-22(12-4-5-13-22)21(27)24-19(14-16-8-10-18(25)11-9-16)20(26)28-15-17-6-2-1-3-7-17/h1-3,6-11,19,25H,4-5,12-15,23H2,(H,24,27)/t19-/m0/s1. The van der Waals surface area contributed by atoms with Crippen molar-refractivity contribution in [3.8, 4) is 5.75 Å². The van der Waals surface area contributed by atoms with E-state index in [4.69, 9.17) is 10.5 Å². The topological polar surface area (TPSA) is 102 Å². The molecule has 0 heterocycles. The lowest BCUT2D eigenvalue weighted by Crippen LogP contribution is -2.56. The van der Waals surface area contributed by atoms with Crippen LogP contribution in [0.15, 0.2) is 54.6 Å². The summed E-state index contributed by atoms with van der Waals surface area (Å²) in [5, 5.41) is 12.3. The summed E-state index contributed by atoms with van der Waals surface area (Å²) >= 11 is 0. The largest absolute Gasteiger partial charge is 0.508 e. The van der Waals surface area contributed by atoms with Crippen LogP contribution in [-0.4, -0.2) is 28.6 Å². The van der Waals surface area contributed by atoms with Crippen LogP contribution in [0.5, 0.6) is 5.75 Å². The van der Waals surface area contributed by atoms with Gasteiger partial charge < -0.3 is 20.9 Å². The molecule has 148 valence electrons. The Balaban J connectivity index is 1.70. The Labute approximate surface area is 164 Å². The monoisotopic (exact) mass is 382 g/mol. The maximum atomic E-state index is 12.7. The van der Waals surface area contributed by atoms with E-state index in [2.05, 4.69) is 5.32 Å². The number of benzene rings is 2. The predicted molar refractivity (Wildman–Crippen MR) is 105 cm³/mol. The van der Waals surface area contributed by atoms with Gasteiger partial charge in [0.2, 0.25) is 5.91 Å². The Morgan fingerprint density at radius 1 is 1.04 bits per heavy atom. The van der Waals surface area contributed by atoms with Crippen LogP contribution in [-0.2, 0) is 27.4 Å². The number of nitrogens with two attached hydrogens (primary N) is 1. The molecule has 0 aliphatic heterocycles. The molecule has 0 saturated heterocycles. The Hall–Kier alpha value is -2.86. The summed E-state index contributed by atoms with van der Waals surface area (Å²) in [6.07, 6.45) is 3.30. The highest BCUT2D eigenvalue weighted by atomic mass is 16.5. The molecule has 1 amide bonds. The van der Waals surface area contributed by atoms with Crippen LogP contribution in [0, 0.1) is 0 Å². The third-order valence-electron chi connectivity index (χ3n) is 5.14. The number of nitrogens with one attached hydrogen (secondary N) is 1. The molecule has 1 atom stereocenters. The number of carbonyl (C=O) groups is 2. The number of carbonyl (C=O) groups excluding carboxylic acids is 2. The van der Waals surface area contributed by atoms with Gasteiger partial charge in [0.15, 0.2) is 0 Å². The number of rotatable bonds is 7. The van der Waals surface area contributed by atoms with Crippen molar-refractivity contribution >= 4 is 11.9 Å². The van der Waals surface area contributed by atoms with Crippen LogP contribution >= 0.6 is 0 Å². The summed E-state index contributed by atoms with van der Waals surface area (Å²) in [6, 6.07) is 15.1. The molecule has 1 aliphatic rings. The third-order valence-corrected chi connectivity index (χ3v) is 5.14. The van der Waals surface area contributed by atoms with E-state index in [0.29, 0.717) is 12.8 Å². The number of phenolic OH excluding ortho intramolecular Hbond substituents is 1. The molecular weight excluding hydrogens is 356 g/mol. The summed E-state index contributed by atoms with van der Waals surface area (Å²) in [5.41, 5.74) is 6.98. The first-order chi connectivity index (χ1) is 13.5. The molecular formula is C22H26N2O4. The molecule has 2 aromatic rings. The van der Waals surface area contributed by atoms with Gasteiger partial charge in [0.1, 0.15) is 18.4 Å². The molecule has 2 aromatic carbocycles. The fraction of sp³-hybridized carbons (Fsp3) is 0.364. The average molecular weight is 382 g/mol. The van der Waals surface area contributed by atoms with Gasteiger partial charge in [0.05, 0.1) is 5.54 Å². The van der Waals surface area contributed by atoms with Crippen LogP contribution in [0.4, 0.5) is 0 Å². The van der Waals surface area contributed by atoms with E-state index < -0.39 is 17.6 Å². The highest BCUT2D eigenvalue weighted by Gasteiger charge is 2.39. The van der Waals surface area contributed by atoms with E-state index in [9.17, 15) is 14.7 Å². The maximum Gasteiger partial charge on any atom is 0.329 e. The molecule has 6 heteroatoms. The number of phenols is 1. The molecule has 0 radical (unpaired) electrons. The van der Waals surface area contributed by atoms with Crippen molar-refractivity contribution in [1.29, 1.82) is 0 Å². The molecule has 0 unspecified atom stereocenters. The molecule has 6 nitrogen and oxygen atoms in total. The van der Waals surface area contributed by atoms with Crippen molar-refractivity contribution in [2.24, 2.45) is 5.73 Å². The minimum Gasteiger partial charge on any atom is -0.508 e. The highest BCUT2D eigenvalue weighted by Crippen LogP contribution is 2.27. The number of ether oxygens (including phenoxy) is 1. The second-order valence-corrected chi connectivity index (χ2v) is 7.35. The lowest BCUT2D eigenvalue weighted by molar-refractivity contribution is -0.149. The van der Waals surface area contributed by atoms with E-state index in [0.717, 1.165) is 24.0 Å². The molecule has 3 rings (SSSR count). The summed E-state index contributed by atoms with van der Waals surface area (Å²) < 4.78 is 5.44. The van der Waals surface area contributed by atoms with Gasteiger partial charge in [-0.25, -0.2) is 4.79 Å². The molecule has 0 bridgehead atoms. The minimum atomic E-state index is -0.924. The third kappa shape index (κ3) is 5.10. The summed E-state index contributed by atoms with van der Waals surface area (Å²) in [4.78, 5) is 25.4. The molecule has 0 spiro atoms. The second kappa shape index (κ2) is 8.89. The molecule has 0 aromatic heterocycles. The predicted octanol–water partition coefficient (Wildman–Crippen LogP) is 2.43. The van der Waals surface area contributed by atoms with Crippen molar-refractivity contribution in [2.45, 2.75) is 50.3 Å². The van der Waals surface area contributed by atoms with Crippen LogP contribution in [0.3, 0.4) is 0 Å². The average Bonchev–Trinajstić information content (AvgIpc) is 3.16. The quantitative estimate of drug-likeness (QED) is 0.639. The fourth-order valence-electron chi connectivity index (χ4n) is 3.43. The van der Waals surface area contributed by atoms with E-state index >= 15 is 0 Å². The number of hydrogen-bond acceptors (Lipinski definition) is 5. The van der Waals surface area contributed by atoms with Crippen molar-refractivity contribution < 1.29 is 19.4 Å². The smallest absolute Gasteiger partial charge is 0.329 e. The van der Waals surface area contributed by atoms with Gasteiger partial charge in [-0.1, -0.05) is 55.3 Å². The molecule has 1 aliphatic carbocycles. The van der Waals surface area contributed by atoms with Crippen LogP contribution in [0.25, 0.3) is 0 Å². The molecule has 1 fully saturated rings. The molecule has 4 N–H and O–H groups in total. The van der Waals surface area contributed by atoms with Gasteiger partial charge in [-0.3, -0.25) is 4.79 Å². The first kappa shape index (κ1) is 19.9. The van der Waals surface area contributed by atoms with Gasteiger partial charge >= 0.3 is 5.97 Å². The van der Waals surface area contributed by atoms with Gasteiger partial charge in [-0.2, -0.15) is 0 Å². The first-order valence-corrected chi connectivity index (χ1v) is 9.55.